The number of rotatable bonds is 5. The Kier molecular flexibility index (Phi) is 4.06. The topological polar surface area (TPSA) is 48.1 Å². The molecule has 0 radical (unpaired) electrons. The van der Waals surface area contributed by atoms with Gasteiger partial charge in [-0.1, -0.05) is 30.3 Å². The maximum Gasteiger partial charge on any atom is 0.306 e. The number of hydrogen-bond donors (Lipinski definition) is 1. The molecule has 0 unspecified atom stereocenters. The van der Waals surface area contributed by atoms with Gasteiger partial charge in [-0.25, -0.2) is 0 Å². The fourth-order valence-electron chi connectivity index (χ4n) is 1.56. The number of aromatic nitrogens is 1. The molecule has 0 saturated carbocycles. The molecule has 0 saturated heterocycles. The number of pyridine rings is 1. The van der Waals surface area contributed by atoms with Crippen LogP contribution >= 0.6 is 0 Å². The second kappa shape index (κ2) is 5.75. The van der Waals surface area contributed by atoms with Crippen LogP contribution in [0.15, 0.2) is 48.7 Å². The summed E-state index contributed by atoms with van der Waals surface area (Å²) in [6.45, 7) is -0.416. The molecule has 2 aromatic rings. The molecule has 1 aromatic heterocycles. The Balaban J connectivity index is 2.01. The first-order valence-electron chi connectivity index (χ1n) is 5.83. The molecule has 19 heavy (non-hydrogen) atoms. The van der Waals surface area contributed by atoms with Crippen LogP contribution in [-0.2, 0) is 12.5 Å². The number of hydrogen-bond acceptors (Lipinski definition) is 3. The zero-order valence-electron chi connectivity index (χ0n) is 10.2. The predicted molar refractivity (Wildman–Crippen MR) is 68.0 cm³/mol. The molecule has 0 bridgehead atoms. The van der Waals surface area contributed by atoms with E-state index in [-0.39, 0.29) is 5.56 Å². The monoisotopic (exact) mass is 264 g/mol. The summed E-state index contributed by atoms with van der Waals surface area (Å²) in [7, 11) is 0. The van der Waals surface area contributed by atoms with Crippen LogP contribution in [0.4, 0.5) is 8.78 Å². The van der Waals surface area contributed by atoms with Crippen LogP contribution in [0.1, 0.15) is 11.3 Å². The molecule has 2 rings (SSSR count). The highest BCUT2D eigenvalue weighted by atomic mass is 19.3. The Hall–Kier alpha value is -2.01. The molecular weight excluding hydrogens is 250 g/mol. The quantitative estimate of drug-likeness (QED) is 0.903. The molecule has 3 nitrogen and oxygen atoms in total. The molecule has 2 N–H and O–H groups in total. The third-order valence-electron chi connectivity index (χ3n) is 2.62. The molecule has 100 valence electrons. The van der Waals surface area contributed by atoms with Gasteiger partial charge in [0.15, 0.2) is 6.61 Å². The minimum Gasteiger partial charge on any atom is -0.485 e. The van der Waals surface area contributed by atoms with Crippen molar-refractivity contribution in [2.45, 2.75) is 12.5 Å². The molecule has 0 aliphatic heterocycles. The van der Waals surface area contributed by atoms with Crippen LogP contribution in [0, 0.1) is 0 Å². The van der Waals surface area contributed by atoms with Crippen LogP contribution in [-0.4, -0.2) is 11.6 Å². The molecule has 0 aliphatic carbocycles. The third kappa shape index (κ3) is 3.48. The zero-order chi connectivity index (χ0) is 13.7. The van der Waals surface area contributed by atoms with Gasteiger partial charge in [-0.15, -0.1) is 0 Å². The molecule has 0 fully saturated rings. The fraction of sp³-hybridized carbons (Fsp3) is 0.214. The lowest BCUT2D eigenvalue weighted by molar-refractivity contribution is -0.0468. The van der Waals surface area contributed by atoms with Crippen molar-refractivity contribution in [1.29, 1.82) is 0 Å². The Bertz CT molecular complexity index is 515. The summed E-state index contributed by atoms with van der Waals surface area (Å²) in [6, 6.07) is 10.8. The summed E-state index contributed by atoms with van der Waals surface area (Å²) in [4.78, 5) is 3.98. The van der Waals surface area contributed by atoms with Crippen molar-refractivity contribution >= 4 is 0 Å². The fourth-order valence-corrected chi connectivity index (χ4v) is 1.56. The van der Waals surface area contributed by atoms with Crippen LogP contribution in [0.2, 0.25) is 0 Å². The minimum absolute atomic E-state index is 0.0680. The van der Waals surface area contributed by atoms with Crippen molar-refractivity contribution in [2.75, 3.05) is 6.61 Å². The Morgan fingerprint density at radius 2 is 1.84 bits per heavy atom. The van der Waals surface area contributed by atoms with E-state index in [1.54, 1.807) is 30.3 Å². The minimum atomic E-state index is -3.03. The maximum absolute atomic E-state index is 13.8. The molecule has 0 amide bonds. The largest absolute Gasteiger partial charge is 0.485 e. The van der Waals surface area contributed by atoms with E-state index in [2.05, 4.69) is 4.98 Å². The van der Waals surface area contributed by atoms with Crippen molar-refractivity contribution < 1.29 is 13.5 Å². The van der Waals surface area contributed by atoms with E-state index in [9.17, 15) is 8.78 Å². The van der Waals surface area contributed by atoms with Crippen molar-refractivity contribution in [3.8, 4) is 5.75 Å². The summed E-state index contributed by atoms with van der Waals surface area (Å²) in [5.41, 5.74) is 6.01. The molecular formula is C14H14F2N2O. The Morgan fingerprint density at radius 3 is 2.42 bits per heavy atom. The summed E-state index contributed by atoms with van der Waals surface area (Å²) in [5.74, 6) is -2.74. The molecule has 0 aliphatic rings. The second-order valence-corrected chi connectivity index (χ2v) is 4.05. The average molecular weight is 264 g/mol. The van der Waals surface area contributed by atoms with Gasteiger partial charge in [-0.3, -0.25) is 4.98 Å². The molecule has 0 spiro atoms. The highest BCUT2D eigenvalue weighted by Crippen LogP contribution is 2.28. The van der Waals surface area contributed by atoms with Gasteiger partial charge in [-0.2, -0.15) is 8.78 Å². The van der Waals surface area contributed by atoms with Crippen LogP contribution in [0.25, 0.3) is 0 Å². The number of halogens is 2. The average Bonchev–Trinajstić information content (AvgIpc) is 2.47. The van der Waals surface area contributed by atoms with Gasteiger partial charge in [0.25, 0.3) is 0 Å². The number of nitrogens with zero attached hydrogens (tertiary/aromatic N) is 1. The number of benzene rings is 1. The van der Waals surface area contributed by atoms with Crippen LogP contribution < -0.4 is 10.5 Å². The molecule has 1 heterocycles. The summed E-state index contributed by atoms with van der Waals surface area (Å²) < 4.78 is 32.7. The van der Waals surface area contributed by atoms with Gasteiger partial charge in [0.2, 0.25) is 0 Å². The third-order valence-corrected chi connectivity index (χ3v) is 2.62. The van der Waals surface area contributed by atoms with E-state index in [1.807, 2.05) is 0 Å². The normalized spacial score (nSPS) is 11.3. The van der Waals surface area contributed by atoms with E-state index in [1.165, 1.54) is 18.3 Å². The van der Waals surface area contributed by atoms with E-state index >= 15 is 0 Å². The first-order valence-corrected chi connectivity index (χ1v) is 5.83. The first kappa shape index (κ1) is 13.4. The Morgan fingerprint density at radius 1 is 1.11 bits per heavy atom. The maximum atomic E-state index is 13.8. The van der Waals surface area contributed by atoms with Gasteiger partial charge in [0.05, 0.1) is 11.9 Å². The zero-order valence-corrected chi connectivity index (χ0v) is 10.2. The van der Waals surface area contributed by atoms with Gasteiger partial charge in [0.1, 0.15) is 5.75 Å². The lowest BCUT2D eigenvalue weighted by Crippen LogP contribution is -2.23. The first-order chi connectivity index (χ1) is 9.12. The van der Waals surface area contributed by atoms with Gasteiger partial charge in [-0.05, 0) is 12.1 Å². The second-order valence-electron chi connectivity index (χ2n) is 4.05. The highest BCUT2D eigenvalue weighted by molar-refractivity contribution is 5.22. The lowest BCUT2D eigenvalue weighted by atomic mass is 10.1. The Labute approximate surface area is 110 Å². The highest BCUT2D eigenvalue weighted by Gasteiger charge is 2.32. The van der Waals surface area contributed by atoms with Crippen molar-refractivity contribution in [3.63, 3.8) is 0 Å². The number of alkyl halides is 2. The summed E-state index contributed by atoms with van der Waals surface area (Å²) >= 11 is 0. The molecule has 5 heteroatoms. The van der Waals surface area contributed by atoms with E-state index in [0.29, 0.717) is 18.0 Å². The van der Waals surface area contributed by atoms with Crippen LogP contribution in [0.5, 0.6) is 5.75 Å². The number of ether oxygens (including phenoxy) is 1. The van der Waals surface area contributed by atoms with Gasteiger partial charge in [0, 0.05) is 12.1 Å². The van der Waals surface area contributed by atoms with Crippen molar-refractivity contribution in [1.82, 2.24) is 4.98 Å². The molecule has 1 aromatic carbocycles. The molecule has 0 atom stereocenters. The van der Waals surface area contributed by atoms with Gasteiger partial charge < -0.3 is 10.5 Å². The number of nitrogens with two attached hydrogens (primary N) is 1. The van der Waals surface area contributed by atoms with Crippen LogP contribution in [0.3, 0.4) is 0 Å². The summed E-state index contributed by atoms with van der Waals surface area (Å²) in [6.07, 6.45) is 1.39. The standard InChI is InChI=1S/C14H14F2N2O/c15-14(16,11-4-2-1-3-5-11)10-19-13-7-6-12(8-17)18-9-13/h1-7,9H,8,10,17H2. The van der Waals surface area contributed by atoms with Crippen molar-refractivity contribution in [2.24, 2.45) is 5.73 Å². The van der Waals surface area contributed by atoms with E-state index < -0.39 is 12.5 Å². The summed E-state index contributed by atoms with van der Waals surface area (Å²) in [5, 5.41) is 0. The van der Waals surface area contributed by atoms with Crippen molar-refractivity contribution in [3.05, 3.63) is 59.9 Å². The van der Waals surface area contributed by atoms with E-state index in [4.69, 9.17) is 10.5 Å². The van der Waals surface area contributed by atoms with E-state index in [0.717, 1.165) is 0 Å². The predicted octanol–water partition coefficient (Wildman–Crippen LogP) is 2.71. The smallest absolute Gasteiger partial charge is 0.306 e. The lowest BCUT2D eigenvalue weighted by Gasteiger charge is -2.17. The SMILES string of the molecule is NCc1ccc(OCC(F)(F)c2ccccc2)cn1. The van der Waals surface area contributed by atoms with Gasteiger partial charge >= 0.3 is 5.92 Å².